The molecule has 2 aromatic rings. The van der Waals surface area contributed by atoms with Gasteiger partial charge in [0.2, 0.25) is 0 Å². The Labute approximate surface area is 122 Å². The molecule has 0 saturated carbocycles. The third-order valence-corrected chi connectivity index (χ3v) is 3.42. The van der Waals surface area contributed by atoms with Crippen molar-refractivity contribution in [2.45, 2.75) is 33.2 Å². The van der Waals surface area contributed by atoms with Crippen molar-refractivity contribution in [3.05, 3.63) is 36.0 Å². The quantitative estimate of drug-likeness (QED) is 0.834. The van der Waals surface area contributed by atoms with E-state index in [-0.39, 0.29) is 0 Å². The predicted octanol–water partition coefficient (Wildman–Crippen LogP) is 3.58. The van der Waals surface area contributed by atoms with Crippen LogP contribution >= 0.6 is 0 Å². The van der Waals surface area contributed by atoms with E-state index in [1.54, 1.807) is 0 Å². The highest BCUT2D eigenvalue weighted by atomic mass is 15.2. The topological polar surface area (TPSA) is 28.2 Å². The molecule has 1 heterocycles. The number of pyridine rings is 1. The molecule has 0 aliphatic rings. The highest BCUT2D eigenvalue weighted by Crippen LogP contribution is 2.26. The molecule has 108 valence electrons. The first kappa shape index (κ1) is 14.8. The molecule has 0 bridgehead atoms. The molecule has 3 heteroatoms. The monoisotopic (exact) mass is 271 g/mol. The zero-order valence-corrected chi connectivity index (χ0v) is 12.8. The van der Waals surface area contributed by atoms with Crippen molar-refractivity contribution in [1.29, 1.82) is 0 Å². The number of rotatable bonds is 7. The Morgan fingerprint density at radius 3 is 2.45 bits per heavy atom. The highest BCUT2D eigenvalue weighted by Gasteiger charge is 2.12. The number of fused-ring (bicyclic) bond motifs is 1. The lowest BCUT2D eigenvalue weighted by molar-refractivity contribution is 0.728. The van der Waals surface area contributed by atoms with Crippen LogP contribution in [0.3, 0.4) is 0 Å². The summed E-state index contributed by atoms with van der Waals surface area (Å²) >= 11 is 0. The molecule has 0 amide bonds. The van der Waals surface area contributed by atoms with Crippen LogP contribution in [0.1, 0.15) is 32.4 Å². The smallest absolute Gasteiger partial charge is 0.136 e. The van der Waals surface area contributed by atoms with Gasteiger partial charge < -0.3 is 10.2 Å². The summed E-state index contributed by atoms with van der Waals surface area (Å²) in [6.07, 6.45) is 2.29. The largest absolute Gasteiger partial charge is 0.356 e. The summed E-state index contributed by atoms with van der Waals surface area (Å²) in [5, 5.41) is 5.73. The third-order valence-electron chi connectivity index (χ3n) is 3.42. The molecule has 1 aromatic carbocycles. The van der Waals surface area contributed by atoms with Crippen LogP contribution in [0.15, 0.2) is 30.3 Å². The Kier molecular flexibility index (Phi) is 5.36. The van der Waals surface area contributed by atoms with Gasteiger partial charge in [0.25, 0.3) is 0 Å². The van der Waals surface area contributed by atoms with E-state index in [2.05, 4.69) is 54.4 Å². The summed E-state index contributed by atoms with van der Waals surface area (Å²) in [6.45, 7) is 7.39. The van der Waals surface area contributed by atoms with Gasteiger partial charge in [0.05, 0.1) is 5.69 Å². The summed E-state index contributed by atoms with van der Waals surface area (Å²) in [5.41, 5.74) is 1.11. The fourth-order valence-corrected chi connectivity index (χ4v) is 2.61. The zero-order chi connectivity index (χ0) is 14.4. The first-order valence-electron chi connectivity index (χ1n) is 7.58. The lowest BCUT2D eigenvalue weighted by Crippen LogP contribution is -2.26. The molecule has 1 aromatic heterocycles. The van der Waals surface area contributed by atoms with Gasteiger partial charge in [-0.25, -0.2) is 4.98 Å². The number of hydrogen-bond donors (Lipinski definition) is 1. The Hall–Kier alpha value is -1.61. The minimum absolute atomic E-state index is 0.809. The molecule has 0 radical (unpaired) electrons. The Balaban J connectivity index is 2.52. The maximum absolute atomic E-state index is 4.89. The molecule has 1 N–H and O–H groups in total. The summed E-state index contributed by atoms with van der Waals surface area (Å²) in [4.78, 5) is 7.31. The van der Waals surface area contributed by atoms with E-state index < -0.39 is 0 Å². The number of anilines is 1. The first-order chi connectivity index (χ1) is 9.80. The van der Waals surface area contributed by atoms with Crippen LogP contribution in [0, 0.1) is 0 Å². The zero-order valence-electron chi connectivity index (χ0n) is 12.8. The average Bonchev–Trinajstić information content (AvgIpc) is 2.46. The first-order valence-corrected chi connectivity index (χ1v) is 7.58. The maximum atomic E-state index is 4.89. The second-order valence-electron chi connectivity index (χ2n) is 5.18. The number of aromatic nitrogens is 1. The van der Waals surface area contributed by atoms with Gasteiger partial charge in [-0.05, 0) is 31.3 Å². The van der Waals surface area contributed by atoms with Crippen molar-refractivity contribution in [3.63, 3.8) is 0 Å². The van der Waals surface area contributed by atoms with Crippen molar-refractivity contribution in [3.8, 4) is 0 Å². The van der Waals surface area contributed by atoms with E-state index in [0.29, 0.717) is 0 Å². The van der Waals surface area contributed by atoms with E-state index in [1.165, 1.54) is 10.8 Å². The average molecular weight is 271 g/mol. The van der Waals surface area contributed by atoms with Crippen LogP contribution in [0.5, 0.6) is 0 Å². The van der Waals surface area contributed by atoms with Gasteiger partial charge in [0.1, 0.15) is 5.82 Å². The van der Waals surface area contributed by atoms with Crippen molar-refractivity contribution < 1.29 is 0 Å². The lowest BCUT2D eigenvalue weighted by Gasteiger charge is -2.25. The summed E-state index contributed by atoms with van der Waals surface area (Å²) in [7, 11) is 1.96. The fourth-order valence-electron chi connectivity index (χ4n) is 2.61. The molecule has 0 unspecified atom stereocenters. The van der Waals surface area contributed by atoms with Gasteiger partial charge in [-0.3, -0.25) is 0 Å². The van der Waals surface area contributed by atoms with E-state index in [4.69, 9.17) is 4.98 Å². The van der Waals surface area contributed by atoms with E-state index in [9.17, 15) is 0 Å². The fraction of sp³-hybridized carbons (Fsp3) is 0.471. The third kappa shape index (κ3) is 3.28. The van der Waals surface area contributed by atoms with Gasteiger partial charge in [-0.15, -0.1) is 0 Å². The van der Waals surface area contributed by atoms with Crippen molar-refractivity contribution in [2.75, 3.05) is 25.0 Å². The predicted molar refractivity (Wildman–Crippen MR) is 87.3 cm³/mol. The molecule has 20 heavy (non-hydrogen) atoms. The van der Waals surface area contributed by atoms with Crippen LogP contribution < -0.4 is 10.2 Å². The second-order valence-corrected chi connectivity index (χ2v) is 5.18. The van der Waals surface area contributed by atoms with Crippen LogP contribution in [0.2, 0.25) is 0 Å². The van der Waals surface area contributed by atoms with Gasteiger partial charge >= 0.3 is 0 Å². The Morgan fingerprint density at radius 1 is 1.10 bits per heavy atom. The normalized spacial score (nSPS) is 10.9. The van der Waals surface area contributed by atoms with Crippen LogP contribution in [0.4, 0.5) is 5.82 Å². The molecule has 0 atom stereocenters. The number of nitrogens with one attached hydrogen (secondary N) is 1. The number of nitrogens with zero attached hydrogens (tertiary/aromatic N) is 2. The van der Waals surface area contributed by atoms with E-state index in [0.717, 1.165) is 44.0 Å². The standard InChI is InChI=1S/C17H25N3/c1-4-10-20(11-5-2)17-16-9-7-6-8-14(16)12-15(19-17)13-18-3/h6-9,12,18H,4-5,10-11,13H2,1-3H3. The second kappa shape index (κ2) is 7.25. The van der Waals surface area contributed by atoms with Crippen molar-refractivity contribution in [1.82, 2.24) is 10.3 Å². The molecule has 0 aliphatic carbocycles. The maximum Gasteiger partial charge on any atom is 0.136 e. The van der Waals surface area contributed by atoms with Crippen molar-refractivity contribution >= 4 is 16.6 Å². The van der Waals surface area contributed by atoms with E-state index >= 15 is 0 Å². The van der Waals surface area contributed by atoms with Crippen LogP contribution in [-0.2, 0) is 6.54 Å². The minimum atomic E-state index is 0.809. The Bertz CT molecular complexity index is 545. The van der Waals surface area contributed by atoms with Gasteiger partial charge in [-0.2, -0.15) is 0 Å². The molecule has 0 aliphatic heterocycles. The van der Waals surface area contributed by atoms with Crippen molar-refractivity contribution in [2.24, 2.45) is 0 Å². The number of hydrogen-bond acceptors (Lipinski definition) is 3. The molecule has 2 rings (SSSR count). The van der Waals surface area contributed by atoms with Gasteiger partial charge in [-0.1, -0.05) is 38.1 Å². The molecular weight excluding hydrogens is 246 g/mol. The molecule has 0 fully saturated rings. The molecule has 0 saturated heterocycles. The molecule has 0 spiro atoms. The summed E-state index contributed by atoms with van der Waals surface area (Å²) in [5.74, 6) is 1.14. The highest BCUT2D eigenvalue weighted by molar-refractivity contribution is 5.92. The van der Waals surface area contributed by atoms with Gasteiger partial charge in [0.15, 0.2) is 0 Å². The summed E-state index contributed by atoms with van der Waals surface area (Å²) < 4.78 is 0. The SMILES string of the molecule is CCCN(CCC)c1nc(CNC)cc2ccccc12. The number of benzene rings is 1. The lowest BCUT2D eigenvalue weighted by atomic mass is 10.1. The molecule has 3 nitrogen and oxygen atoms in total. The van der Waals surface area contributed by atoms with Crippen LogP contribution in [-0.4, -0.2) is 25.1 Å². The summed E-state index contributed by atoms with van der Waals surface area (Å²) in [6, 6.07) is 10.7. The van der Waals surface area contributed by atoms with Crippen LogP contribution in [0.25, 0.3) is 10.8 Å². The van der Waals surface area contributed by atoms with E-state index in [1.807, 2.05) is 7.05 Å². The molecular formula is C17H25N3. The minimum Gasteiger partial charge on any atom is -0.356 e. The Morgan fingerprint density at radius 2 is 1.80 bits per heavy atom. The van der Waals surface area contributed by atoms with Gasteiger partial charge in [0, 0.05) is 25.0 Å².